The fraction of sp³-hybridized carbons (Fsp3) is 0.278. The number of carbonyl (C=O) groups is 1. The SMILES string of the molecule is CN(CC1Cc2ccccc2CO1)C(=O)c1cccc(I)c1. The van der Waals surface area contributed by atoms with E-state index in [9.17, 15) is 4.79 Å². The van der Waals surface area contributed by atoms with E-state index in [0.717, 1.165) is 15.6 Å². The predicted octanol–water partition coefficient (Wildman–Crippen LogP) is 3.50. The standard InChI is InChI=1S/C18H18INO2/c1-20(18(21)14-7-4-8-16(19)9-14)11-17-10-13-5-2-3-6-15(13)12-22-17/h2-9,17H,10-12H2,1H3. The van der Waals surface area contributed by atoms with Gasteiger partial charge >= 0.3 is 0 Å². The van der Waals surface area contributed by atoms with Gasteiger partial charge in [-0.05, 0) is 51.9 Å². The number of amides is 1. The van der Waals surface area contributed by atoms with E-state index in [-0.39, 0.29) is 12.0 Å². The summed E-state index contributed by atoms with van der Waals surface area (Å²) in [4.78, 5) is 14.2. The first-order chi connectivity index (χ1) is 10.6. The summed E-state index contributed by atoms with van der Waals surface area (Å²) in [6.07, 6.45) is 0.923. The van der Waals surface area contributed by atoms with Crippen LogP contribution in [-0.2, 0) is 17.8 Å². The molecule has 0 saturated heterocycles. The van der Waals surface area contributed by atoms with E-state index in [0.29, 0.717) is 13.2 Å². The Kier molecular flexibility index (Phi) is 4.78. The molecule has 2 aromatic rings. The van der Waals surface area contributed by atoms with Crippen LogP contribution in [0.1, 0.15) is 21.5 Å². The Hall–Kier alpha value is -1.40. The molecule has 22 heavy (non-hydrogen) atoms. The van der Waals surface area contributed by atoms with Crippen molar-refractivity contribution in [2.24, 2.45) is 0 Å². The maximum absolute atomic E-state index is 12.5. The van der Waals surface area contributed by atoms with Gasteiger partial charge in [-0.25, -0.2) is 0 Å². The summed E-state index contributed by atoms with van der Waals surface area (Å²) in [7, 11) is 1.84. The minimum absolute atomic E-state index is 0.0426. The van der Waals surface area contributed by atoms with Crippen molar-refractivity contribution in [3.63, 3.8) is 0 Å². The third-order valence-corrected chi connectivity index (χ3v) is 4.61. The summed E-state index contributed by atoms with van der Waals surface area (Å²) >= 11 is 2.22. The van der Waals surface area contributed by atoms with Crippen LogP contribution in [0.3, 0.4) is 0 Å². The second kappa shape index (κ2) is 6.79. The van der Waals surface area contributed by atoms with Crippen molar-refractivity contribution in [3.05, 3.63) is 68.8 Å². The van der Waals surface area contributed by atoms with Crippen molar-refractivity contribution >= 4 is 28.5 Å². The molecule has 3 nitrogen and oxygen atoms in total. The Balaban J connectivity index is 1.65. The Labute approximate surface area is 144 Å². The summed E-state index contributed by atoms with van der Waals surface area (Å²) < 4.78 is 6.96. The monoisotopic (exact) mass is 407 g/mol. The molecule has 114 valence electrons. The molecular formula is C18H18INO2. The van der Waals surface area contributed by atoms with Gasteiger partial charge in [0.2, 0.25) is 0 Å². The quantitative estimate of drug-likeness (QED) is 0.730. The number of hydrogen-bond acceptors (Lipinski definition) is 2. The van der Waals surface area contributed by atoms with E-state index in [1.54, 1.807) is 4.90 Å². The van der Waals surface area contributed by atoms with Gasteiger partial charge in [-0.1, -0.05) is 30.3 Å². The van der Waals surface area contributed by atoms with Gasteiger partial charge in [-0.2, -0.15) is 0 Å². The summed E-state index contributed by atoms with van der Waals surface area (Å²) in [5.41, 5.74) is 3.31. The van der Waals surface area contributed by atoms with Gasteiger partial charge in [0, 0.05) is 29.1 Å². The molecule has 1 amide bonds. The molecule has 0 saturated carbocycles. The van der Waals surface area contributed by atoms with Gasteiger partial charge in [0.1, 0.15) is 0 Å². The molecule has 3 rings (SSSR count). The van der Waals surface area contributed by atoms with Crippen LogP contribution in [0, 0.1) is 3.57 Å². The minimum atomic E-state index is 0.0426. The lowest BCUT2D eigenvalue weighted by atomic mass is 9.99. The maximum Gasteiger partial charge on any atom is 0.253 e. The molecule has 1 aliphatic heterocycles. The Bertz CT molecular complexity index is 686. The molecule has 0 fully saturated rings. The molecule has 1 unspecified atom stereocenters. The second-order valence-electron chi connectivity index (χ2n) is 5.60. The van der Waals surface area contributed by atoms with Gasteiger partial charge in [-0.3, -0.25) is 4.79 Å². The Morgan fingerprint density at radius 1 is 1.23 bits per heavy atom. The highest BCUT2D eigenvalue weighted by Gasteiger charge is 2.22. The summed E-state index contributed by atoms with van der Waals surface area (Å²) in [6.45, 7) is 1.24. The zero-order valence-electron chi connectivity index (χ0n) is 12.5. The van der Waals surface area contributed by atoms with E-state index < -0.39 is 0 Å². The minimum Gasteiger partial charge on any atom is -0.371 e. The molecule has 0 aromatic heterocycles. The van der Waals surface area contributed by atoms with Gasteiger partial charge < -0.3 is 9.64 Å². The zero-order valence-corrected chi connectivity index (χ0v) is 14.6. The van der Waals surface area contributed by atoms with Gasteiger partial charge in [0.25, 0.3) is 5.91 Å². The van der Waals surface area contributed by atoms with E-state index in [1.807, 2.05) is 37.4 Å². The third kappa shape index (κ3) is 3.50. The third-order valence-electron chi connectivity index (χ3n) is 3.94. The molecule has 0 aliphatic carbocycles. The molecular weight excluding hydrogens is 389 g/mol. The smallest absolute Gasteiger partial charge is 0.253 e. The first kappa shape index (κ1) is 15.5. The highest BCUT2D eigenvalue weighted by atomic mass is 127. The average Bonchev–Trinajstić information content (AvgIpc) is 2.54. The first-order valence-corrected chi connectivity index (χ1v) is 8.41. The number of likely N-dealkylation sites (N-methyl/N-ethyl adjacent to an activating group) is 1. The van der Waals surface area contributed by atoms with Crippen LogP contribution in [0.5, 0.6) is 0 Å². The molecule has 0 spiro atoms. The highest BCUT2D eigenvalue weighted by Crippen LogP contribution is 2.21. The van der Waals surface area contributed by atoms with Crippen LogP contribution >= 0.6 is 22.6 Å². The number of rotatable bonds is 3. The number of halogens is 1. The van der Waals surface area contributed by atoms with Crippen molar-refractivity contribution in [2.75, 3.05) is 13.6 Å². The normalized spacial score (nSPS) is 16.9. The number of fused-ring (bicyclic) bond motifs is 1. The fourth-order valence-corrected chi connectivity index (χ4v) is 3.30. The number of ether oxygens (including phenoxy) is 1. The van der Waals surface area contributed by atoms with Gasteiger partial charge in [-0.15, -0.1) is 0 Å². The average molecular weight is 407 g/mol. The maximum atomic E-state index is 12.5. The largest absolute Gasteiger partial charge is 0.371 e. The van der Waals surface area contributed by atoms with Crippen LogP contribution in [0.2, 0.25) is 0 Å². The van der Waals surface area contributed by atoms with Crippen molar-refractivity contribution in [3.8, 4) is 0 Å². The molecule has 1 atom stereocenters. The van der Waals surface area contributed by atoms with Crippen molar-refractivity contribution in [2.45, 2.75) is 19.1 Å². The molecule has 2 aromatic carbocycles. The molecule has 1 aliphatic rings. The van der Waals surface area contributed by atoms with Gasteiger partial charge in [0.05, 0.1) is 12.7 Å². The van der Waals surface area contributed by atoms with Crippen molar-refractivity contribution in [1.29, 1.82) is 0 Å². The Morgan fingerprint density at radius 2 is 2.00 bits per heavy atom. The number of nitrogens with zero attached hydrogens (tertiary/aromatic N) is 1. The van der Waals surface area contributed by atoms with Crippen LogP contribution < -0.4 is 0 Å². The van der Waals surface area contributed by atoms with Crippen LogP contribution in [0.15, 0.2) is 48.5 Å². The summed E-state index contributed by atoms with van der Waals surface area (Å²) in [6, 6.07) is 16.0. The molecule has 4 heteroatoms. The van der Waals surface area contributed by atoms with Crippen molar-refractivity contribution < 1.29 is 9.53 Å². The topological polar surface area (TPSA) is 29.5 Å². The highest BCUT2D eigenvalue weighted by molar-refractivity contribution is 14.1. The summed E-state index contributed by atoms with van der Waals surface area (Å²) in [5.74, 6) is 0.0426. The van der Waals surface area contributed by atoms with Crippen molar-refractivity contribution in [1.82, 2.24) is 4.90 Å². The van der Waals surface area contributed by atoms with E-state index in [1.165, 1.54) is 11.1 Å². The lowest BCUT2D eigenvalue weighted by Crippen LogP contribution is -2.38. The molecule has 0 N–H and O–H groups in total. The molecule has 0 bridgehead atoms. The lowest BCUT2D eigenvalue weighted by molar-refractivity contribution is 0.00985. The molecule has 0 radical (unpaired) electrons. The van der Waals surface area contributed by atoms with Crippen LogP contribution in [-0.4, -0.2) is 30.5 Å². The first-order valence-electron chi connectivity index (χ1n) is 7.33. The molecule has 1 heterocycles. The number of carbonyl (C=O) groups excluding carboxylic acids is 1. The Morgan fingerprint density at radius 3 is 2.77 bits per heavy atom. The number of benzene rings is 2. The summed E-state index contributed by atoms with van der Waals surface area (Å²) in [5, 5.41) is 0. The number of hydrogen-bond donors (Lipinski definition) is 0. The van der Waals surface area contributed by atoms with Crippen LogP contribution in [0.4, 0.5) is 0 Å². The zero-order chi connectivity index (χ0) is 15.5. The van der Waals surface area contributed by atoms with E-state index in [2.05, 4.69) is 40.8 Å². The van der Waals surface area contributed by atoms with Crippen LogP contribution in [0.25, 0.3) is 0 Å². The lowest BCUT2D eigenvalue weighted by Gasteiger charge is -2.29. The second-order valence-corrected chi connectivity index (χ2v) is 6.85. The fourth-order valence-electron chi connectivity index (χ4n) is 2.76. The van der Waals surface area contributed by atoms with E-state index >= 15 is 0 Å². The predicted molar refractivity (Wildman–Crippen MR) is 94.8 cm³/mol. The van der Waals surface area contributed by atoms with Gasteiger partial charge in [0.15, 0.2) is 0 Å². The van der Waals surface area contributed by atoms with E-state index in [4.69, 9.17) is 4.74 Å².